The molecule has 0 spiro atoms. The summed E-state index contributed by atoms with van der Waals surface area (Å²) in [5.41, 5.74) is 4.26. The summed E-state index contributed by atoms with van der Waals surface area (Å²) in [6.07, 6.45) is 0. The number of nitrogens with one attached hydrogen (secondary N) is 2. The van der Waals surface area contributed by atoms with Gasteiger partial charge in [-0.3, -0.25) is 5.43 Å². The molecule has 0 bridgehead atoms. The summed E-state index contributed by atoms with van der Waals surface area (Å²) in [5, 5.41) is 8.78. The van der Waals surface area contributed by atoms with Crippen LogP contribution in [0.15, 0.2) is 33.8 Å². The quantitative estimate of drug-likeness (QED) is 0.502. The number of furan rings is 1. The van der Waals surface area contributed by atoms with E-state index in [1.54, 1.807) is 0 Å². The third kappa shape index (κ3) is 3.98. The molecule has 6 heteroatoms. The summed E-state index contributed by atoms with van der Waals surface area (Å²) >= 11 is 5.14. The zero-order valence-corrected chi connectivity index (χ0v) is 14.1. The Balaban J connectivity index is 2.19. The number of hydrazone groups is 1. The minimum Gasteiger partial charge on any atom is -0.490 e. The lowest BCUT2D eigenvalue weighted by atomic mass is 10.2. The molecule has 1 aromatic heterocycles. The van der Waals surface area contributed by atoms with Crippen molar-refractivity contribution in [3.05, 3.63) is 30.0 Å². The molecule has 2 aromatic rings. The van der Waals surface area contributed by atoms with Gasteiger partial charge in [0.1, 0.15) is 5.71 Å². The Morgan fingerprint density at radius 3 is 2.86 bits per heavy atom. The van der Waals surface area contributed by atoms with Gasteiger partial charge in [0.05, 0.1) is 6.61 Å². The van der Waals surface area contributed by atoms with Crippen LogP contribution in [0.1, 0.15) is 33.5 Å². The molecule has 0 aliphatic rings. The predicted molar refractivity (Wildman–Crippen MR) is 93.6 cm³/mol. The molecule has 0 fully saturated rings. The van der Waals surface area contributed by atoms with Gasteiger partial charge in [-0.2, -0.15) is 5.10 Å². The van der Waals surface area contributed by atoms with Crippen LogP contribution in [0.4, 0.5) is 0 Å². The molecule has 0 aliphatic carbocycles. The van der Waals surface area contributed by atoms with E-state index in [9.17, 15) is 0 Å². The Morgan fingerprint density at radius 2 is 2.18 bits per heavy atom. The third-order valence-corrected chi connectivity index (χ3v) is 3.12. The van der Waals surface area contributed by atoms with Crippen molar-refractivity contribution < 1.29 is 9.15 Å². The summed E-state index contributed by atoms with van der Waals surface area (Å²) in [6.45, 7) is 8.43. The van der Waals surface area contributed by atoms with Crippen molar-refractivity contribution in [2.24, 2.45) is 5.10 Å². The molecule has 0 unspecified atom stereocenters. The second kappa shape index (κ2) is 7.26. The first-order valence-electron chi connectivity index (χ1n) is 7.27. The number of thiocarbonyl (C=S) groups is 1. The van der Waals surface area contributed by atoms with Crippen LogP contribution in [0.3, 0.4) is 0 Å². The number of fused-ring (bicyclic) bond motifs is 1. The van der Waals surface area contributed by atoms with E-state index in [0.717, 1.165) is 16.7 Å². The molecule has 0 amide bonds. The SMILES string of the molecule is CCOc1cccc2cc(/C(C)=N\NC(=S)NC(C)C)oc12. The number of rotatable bonds is 5. The second-order valence-corrected chi connectivity index (χ2v) is 5.56. The van der Waals surface area contributed by atoms with Crippen molar-refractivity contribution in [1.82, 2.24) is 10.7 Å². The molecule has 0 radical (unpaired) electrons. The maximum atomic E-state index is 5.87. The van der Waals surface area contributed by atoms with Crippen molar-refractivity contribution in [1.29, 1.82) is 0 Å². The highest BCUT2D eigenvalue weighted by Gasteiger charge is 2.11. The van der Waals surface area contributed by atoms with Crippen molar-refractivity contribution in [3.8, 4) is 5.75 Å². The molecule has 2 N–H and O–H groups in total. The Morgan fingerprint density at radius 1 is 1.41 bits per heavy atom. The zero-order chi connectivity index (χ0) is 16.1. The second-order valence-electron chi connectivity index (χ2n) is 5.16. The van der Waals surface area contributed by atoms with E-state index < -0.39 is 0 Å². The fourth-order valence-corrected chi connectivity index (χ4v) is 2.25. The summed E-state index contributed by atoms with van der Waals surface area (Å²) in [4.78, 5) is 0. The molecule has 0 saturated carbocycles. The maximum Gasteiger partial charge on any atom is 0.187 e. The van der Waals surface area contributed by atoms with Crippen molar-refractivity contribution in [3.63, 3.8) is 0 Å². The molecule has 1 aromatic carbocycles. The van der Waals surface area contributed by atoms with Crippen LogP contribution in [0.2, 0.25) is 0 Å². The molecule has 0 aliphatic heterocycles. The van der Waals surface area contributed by atoms with E-state index in [1.807, 2.05) is 52.0 Å². The van der Waals surface area contributed by atoms with Crippen LogP contribution >= 0.6 is 12.2 Å². The fraction of sp³-hybridized carbons (Fsp3) is 0.375. The Hall–Kier alpha value is -2.08. The van der Waals surface area contributed by atoms with Gasteiger partial charge in [0.2, 0.25) is 0 Å². The van der Waals surface area contributed by atoms with E-state index in [0.29, 0.717) is 23.2 Å². The van der Waals surface area contributed by atoms with E-state index in [2.05, 4.69) is 15.8 Å². The van der Waals surface area contributed by atoms with Gasteiger partial charge in [-0.15, -0.1) is 0 Å². The average molecular weight is 319 g/mol. The van der Waals surface area contributed by atoms with E-state index in [1.165, 1.54) is 0 Å². The number of benzene rings is 1. The van der Waals surface area contributed by atoms with E-state index in [4.69, 9.17) is 21.4 Å². The van der Waals surface area contributed by atoms with Crippen LogP contribution in [0, 0.1) is 0 Å². The molecule has 0 atom stereocenters. The minimum absolute atomic E-state index is 0.260. The maximum absolute atomic E-state index is 5.87. The molecule has 0 saturated heterocycles. The van der Waals surface area contributed by atoms with Crippen LogP contribution < -0.4 is 15.5 Å². The molecule has 2 rings (SSSR count). The van der Waals surface area contributed by atoms with Gasteiger partial charge >= 0.3 is 0 Å². The van der Waals surface area contributed by atoms with Crippen molar-refractivity contribution in [2.75, 3.05) is 6.61 Å². The third-order valence-electron chi connectivity index (χ3n) is 2.91. The topological polar surface area (TPSA) is 58.8 Å². The fourth-order valence-electron chi connectivity index (χ4n) is 1.97. The van der Waals surface area contributed by atoms with Gasteiger partial charge in [0.25, 0.3) is 0 Å². The number of hydrogen-bond acceptors (Lipinski definition) is 4. The monoisotopic (exact) mass is 319 g/mol. The Kier molecular flexibility index (Phi) is 5.38. The molecular formula is C16H21N3O2S. The van der Waals surface area contributed by atoms with Crippen LogP contribution in [0.5, 0.6) is 5.75 Å². The highest BCUT2D eigenvalue weighted by atomic mass is 32.1. The van der Waals surface area contributed by atoms with Gasteiger partial charge in [-0.1, -0.05) is 12.1 Å². The summed E-state index contributed by atoms with van der Waals surface area (Å²) < 4.78 is 11.4. The lowest BCUT2D eigenvalue weighted by molar-refractivity contribution is 0.338. The Labute approximate surface area is 135 Å². The summed E-state index contributed by atoms with van der Waals surface area (Å²) in [7, 11) is 0. The first kappa shape index (κ1) is 16.3. The number of nitrogens with zero attached hydrogens (tertiary/aromatic N) is 1. The van der Waals surface area contributed by atoms with Gasteiger partial charge in [-0.05, 0) is 52.0 Å². The molecule has 118 valence electrons. The van der Waals surface area contributed by atoms with Gasteiger partial charge < -0.3 is 14.5 Å². The number of ether oxygens (including phenoxy) is 1. The van der Waals surface area contributed by atoms with Crippen LogP contribution in [-0.2, 0) is 0 Å². The lowest BCUT2D eigenvalue weighted by Crippen LogP contribution is -2.37. The molecule has 1 heterocycles. The van der Waals surface area contributed by atoms with Crippen LogP contribution in [-0.4, -0.2) is 23.5 Å². The Bertz CT molecular complexity index is 692. The first-order valence-corrected chi connectivity index (χ1v) is 7.68. The first-order chi connectivity index (χ1) is 10.5. The minimum atomic E-state index is 0.260. The van der Waals surface area contributed by atoms with Gasteiger partial charge in [0, 0.05) is 11.4 Å². The number of hydrogen-bond donors (Lipinski definition) is 2. The predicted octanol–water partition coefficient (Wildman–Crippen LogP) is 3.43. The molecular weight excluding hydrogens is 298 g/mol. The highest BCUT2D eigenvalue weighted by Crippen LogP contribution is 2.28. The van der Waals surface area contributed by atoms with Crippen molar-refractivity contribution >= 4 is 34.0 Å². The molecule has 5 nitrogen and oxygen atoms in total. The summed E-state index contributed by atoms with van der Waals surface area (Å²) in [6, 6.07) is 8.02. The normalized spacial score (nSPS) is 11.8. The number of para-hydroxylation sites is 1. The zero-order valence-electron chi connectivity index (χ0n) is 13.3. The van der Waals surface area contributed by atoms with Gasteiger partial charge in [0.15, 0.2) is 22.2 Å². The van der Waals surface area contributed by atoms with Crippen LogP contribution in [0.25, 0.3) is 11.0 Å². The highest BCUT2D eigenvalue weighted by molar-refractivity contribution is 7.80. The van der Waals surface area contributed by atoms with E-state index >= 15 is 0 Å². The molecule has 22 heavy (non-hydrogen) atoms. The average Bonchev–Trinajstić information content (AvgIpc) is 2.89. The summed E-state index contributed by atoms with van der Waals surface area (Å²) in [5.74, 6) is 1.42. The van der Waals surface area contributed by atoms with E-state index in [-0.39, 0.29) is 6.04 Å². The van der Waals surface area contributed by atoms with Crippen molar-refractivity contribution in [2.45, 2.75) is 33.7 Å². The van der Waals surface area contributed by atoms with Gasteiger partial charge in [-0.25, -0.2) is 0 Å². The smallest absolute Gasteiger partial charge is 0.187 e. The largest absolute Gasteiger partial charge is 0.490 e. The lowest BCUT2D eigenvalue weighted by Gasteiger charge is -2.09. The standard InChI is InChI=1S/C16H21N3O2S/c1-5-20-13-8-6-7-12-9-14(21-15(12)13)11(4)18-19-16(22)17-10(2)3/h6-10H,5H2,1-4H3,(H2,17,19,22)/b18-11-.